The van der Waals surface area contributed by atoms with Crippen LogP contribution in [0.4, 0.5) is 0 Å². The maximum Gasteiger partial charge on any atom is 0.252 e. The molecule has 1 fully saturated rings. The molecular formula is C12H20N2O2. The van der Waals surface area contributed by atoms with Gasteiger partial charge in [0.1, 0.15) is 5.60 Å². The highest BCUT2D eigenvalue weighted by Crippen LogP contribution is 2.26. The molecule has 3 atom stereocenters. The Morgan fingerprint density at radius 2 is 2.31 bits per heavy atom. The fourth-order valence-electron chi connectivity index (χ4n) is 2.01. The van der Waals surface area contributed by atoms with Crippen molar-refractivity contribution in [1.29, 1.82) is 5.26 Å². The van der Waals surface area contributed by atoms with Crippen LogP contribution < -0.4 is 5.32 Å². The first-order valence-corrected chi connectivity index (χ1v) is 5.83. The normalized spacial score (nSPS) is 28.1. The Kier molecular flexibility index (Phi) is 4.31. The number of rotatable bonds is 4. The summed E-state index contributed by atoms with van der Waals surface area (Å²) in [5.41, 5.74) is -0.775. The predicted octanol–water partition coefficient (Wildman–Crippen LogP) is 1.61. The lowest BCUT2D eigenvalue weighted by molar-refractivity contribution is -0.142. The van der Waals surface area contributed by atoms with Gasteiger partial charge in [-0.15, -0.1) is 0 Å². The van der Waals surface area contributed by atoms with Crippen molar-refractivity contribution in [3.8, 4) is 6.07 Å². The molecule has 1 aliphatic rings. The molecule has 0 aromatic rings. The van der Waals surface area contributed by atoms with Crippen LogP contribution in [-0.2, 0) is 9.53 Å². The summed E-state index contributed by atoms with van der Waals surface area (Å²) in [7, 11) is 1.54. The molecule has 0 aliphatic heterocycles. The van der Waals surface area contributed by atoms with Gasteiger partial charge in [-0.2, -0.15) is 5.26 Å². The zero-order valence-electron chi connectivity index (χ0n) is 10.2. The highest BCUT2D eigenvalue weighted by molar-refractivity contribution is 5.85. The first-order valence-electron chi connectivity index (χ1n) is 5.83. The van der Waals surface area contributed by atoms with Gasteiger partial charge in [-0.1, -0.05) is 6.92 Å². The third kappa shape index (κ3) is 2.53. The summed E-state index contributed by atoms with van der Waals surface area (Å²) >= 11 is 0. The number of amides is 1. The van der Waals surface area contributed by atoms with Gasteiger partial charge < -0.3 is 10.1 Å². The molecule has 0 spiro atoms. The van der Waals surface area contributed by atoms with E-state index < -0.39 is 5.60 Å². The standard InChI is InChI=1S/C12H20N2O2/c1-4-12(2,16-3)11(15)14-10-7-5-6-9(10)8-13/h9-10H,4-7H2,1-3H3,(H,14,15). The molecule has 0 bridgehead atoms. The topological polar surface area (TPSA) is 62.1 Å². The lowest BCUT2D eigenvalue weighted by atomic mass is 9.99. The summed E-state index contributed by atoms with van der Waals surface area (Å²) in [5.74, 6) is -0.147. The molecule has 0 aromatic heterocycles. The zero-order valence-corrected chi connectivity index (χ0v) is 10.2. The van der Waals surface area contributed by atoms with Crippen molar-refractivity contribution in [1.82, 2.24) is 5.32 Å². The fourth-order valence-corrected chi connectivity index (χ4v) is 2.01. The highest BCUT2D eigenvalue weighted by Gasteiger charge is 2.35. The highest BCUT2D eigenvalue weighted by atomic mass is 16.5. The largest absolute Gasteiger partial charge is 0.369 e. The van der Waals surface area contributed by atoms with Gasteiger partial charge in [-0.3, -0.25) is 4.79 Å². The van der Waals surface area contributed by atoms with Gasteiger partial charge in [-0.25, -0.2) is 0 Å². The van der Waals surface area contributed by atoms with Gasteiger partial charge in [-0.05, 0) is 32.6 Å². The first-order chi connectivity index (χ1) is 7.57. The quantitative estimate of drug-likeness (QED) is 0.789. The molecule has 90 valence electrons. The second kappa shape index (κ2) is 5.31. The summed E-state index contributed by atoms with van der Waals surface area (Å²) in [6, 6.07) is 2.25. The number of methoxy groups -OCH3 is 1. The second-order valence-electron chi connectivity index (χ2n) is 4.53. The fraction of sp³-hybridized carbons (Fsp3) is 0.833. The number of nitrogens with one attached hydrogen (secondary N) is 1. The van der Waals surface area contributed by atoms with Crippen molar-refractivity contribution >= 4 is 5.91 Å². The van der Waals surface area contributed by atoms with Gasteiger partial charge in [0.15, 0.2) is 0 Å². The summed E-state index contributed by atoms with van der Waals surface area (Å²) in [4.78, 5) is 12.0. The van der Waals surface area contributed by atoms with E-state index >= 15 is 0 Å². The van der Waals surface area contributed by atoms with Crippen LogP contribution in [0.1, 0.15) is 39.5 Å². The molecule has 0 aromatic carbocycles. The molecule has 1 N–H and O–H groups in total. The minimum absolute atomic E-state index is 0.00137. The van der Waals surface area contributed by atoms with Crippen LogP contribution >= 0.6 is 0 Å². The molecule has 0 heterocycles. The number of carbonyl (C=O) groups excluding carboxylic acids is 1. The lowest BCUT2D eigenvalue weighted by Crippen LogP contribution is -2.50. The Morgan fingerprint density at radius 3 is 2.81 bits per heavy atom. The molecule has 16 heavy (non-hydrogen) atoms. The number of hydrogen-bond donors (Lipinski definition) is 1. The number of ether oxygens (including phenoxy) is 1. The Hall–Kier alpha value is -1.08. The van der Waals surface area contributed by atoms with Gasteiger partial charge in [0.2, 0.25) is 0 Å². The summed E-state index contributed by atoms with van der Waals surface area (Å²) in [6.45, 7) is 3.69. The maximum absolute atomic E-state index is 12.0. The second-order valence-corrected chi connectivity index (χ2v) is 4.53. The number of carbonyl (C=O) groups is 1. The Morgan fingerprint density at radius 1 is 1.62 bits per heavy atom. The van der Waals surface area contributed by atoms with Gasteiger partial charge >= 0.3 is 0 Å². The molecule has 0 radical (unpaired) electrons. The van der Waals surface area contributed by atoms with Crippen LogP contribution in [0.5, 0.6) is 0 Å². The molecule has 1 rings (SSSR count). The molecule has 4 heteroatoms. The number of hydrogen-bond acceptors (Lipinski definition) is 3. The Balaban J connectivity index is 2.61. The minimum Gasteiger partial charge on any atom is -0.369 e. The zero-order chi connectivity index (χ0) is 12.2. The molecular weight excluding hydrogens is 204 g/mol. The van der Waals surface area contributed by atoms with Gasteiger partial charge in [0.25, 0.3) is 5.91 Å². The number of nitrogens with zero attached hydrogens (tertiary/aromatic N) is 1. The van der Waals surface area contributed by atoms with Crippen molar-refractivity contribution in [3.63, 3.8) is 0 Å². The van der Waals surface area contributed by atoms with Crippen LogP contribution in [-0.4, -0.2) is 24.7 Å². The van der Waals surface area contributed by atoms with E-state index in [1.807, 2.05) is 6.92 Å². The third-order valence-electron chi connectivity index (χ3n) is 3.60. The molecule has 0 saturated heterocycles. The van der Waals surface area contributed by atoms with E-state index in [1.165, 1.54) is 0 Å². The van der Waals surface area contributed by atoms with E-state index in [0.29, 0.717) is 6.42 Å². The van der Waals surface area contributed by atoms with Crippen LogP contribution in [0.3, 0.4) is 0 Å². The predicted molar refractivity (Wildman–Crippen MR) is 60.6 cm³/mol. The molecule has 3 unspecified atom stereocenters. The van der Waals surface area contributed by atoms with E-state index in [0.717, 1.165) is 19.3 Å². The number of nitriles is 1. The van der Waals surface area contributed by atoms with E-state index in [2.05, 4.69) is 11.4 Å². The Labute approximate surface area is 97.0 Å². The Bertz CT molecular complexity index is 292. The molecule has 4 nitrogen and oxygen atoms in total. The van der Waals surface area contributed by atoms with Crippen molar-refractivity contribution in [2.24, 2.45) is 5.92 Å². The molecule has 1 amide bonds. The SMILES string of the molecule is CCC(C)(OC)C(=O)NC1CCCC1C#N. The van der Waals surface area contributed by atoms with Gasteiger partial charge in [0.05, 0.1) is 12.0 Å². The summed E-state index contributed by atoms with van der Waals surface area (Å²) in [6.07, 6.45) is 3.42. The molecule has 1 aliphatic carbocycles. The maximum atomic E-state index is 12.0. The van der Waals surface area contributed by atoms with E-state index in [-0.39, 0.29) is 17.9 Å². The van der Waals surface area contributed by atoms with E-state index in [9.17, 15) is 4.79 Å². The van der Waals surface area contributed by atoms with Crippen molar-refractivity contribution in [2.45, 2.75) is 51.2 Å². The monoisotopic (exact) mass is 224 g/mol. The van der Waals surface area contributed by atoms with Crippen LogP contribution in [0, 0.1) is 17.2 Å². The van der Waals surface area contributed by atoms with Crippen molar-refractivity contribution in [2.75, 3.05) is 7.11 Å². The van der Waals surface area contributed by atoms with Crippen LogP contribution in [0.15, 0.2) is 0 Å². The van der Waals surface area contributed by atoms with Gasteiger partial charge in [0, 0.05) is 13.2 Å². The van der Waals surface area contributed by atoms with E-state index in [4.69, 9.17) is 10.00 Å². The first kappa shape index (κ1) is 13.0. The van der Waals surface area contributed by atoms with Crippen molar-refractivity contribution < 1.29 is 9.53 Å². The third-order valence-corrected chi connectivity index (χ3v) is 3.60. The smallest absolute Gasteiger partial charge is 0.252 e. The average molecular weight is 224 g/mol. The minimum atomic E-state index is -0.775. The van der Waals surface area contributed by atoms with Crippen molar-refractivity contribution in [3.05, 3.63) is 0 Å². The lowest BCUT2D eigenvalue weighted by Gasteiger charge is -2.28. The van der Waals surface area contributed by atoms with Crippen LogP contribution in [0.2, 0.25) is 0 Å². The average Bonchev–Trinajstić information content (AvgIpc) is 2.75. The van der Waals surface area contributed by atoms with Crippen LogP contribution in [0.25, 0.3) is 0 Å². The van der Waals surface area contributed by atoms with E-state index in [1.54, 1.807) is 14.0 Å². The summed E-state index contributed by atoms with van der Waals surface area (Å²) in [5, 5.41) is 11.9. The summed E-state index contributed by atoms with van der Waals surface area (Å²) < 4.78 is 5.23. The molecule has 1 saturated carbocycles.